The van der Waals surface area contributed by atoms with Crippen molar-refractivity contribution in [3.63, 3.8) is 0 Å². The van der Waals surface area contributed by atoms with Crippen molar-refractivity contribution in [2.24, 2.45) is 5.90 Å². The molecule has 3 N–H and O–H groups in total. The van der Waals surface area contributed by atoms with Gasteiger partial charge in [0.2, 0.25) is 0 Å². The van der Waals surface area contributed by atoms with Gasteiger partial charge in [-0.25, -0.2) is 4.79 Å². The minimum atomic E-state index is -1.16. The van der Waals surface area contributed by atoms with E-state index in [1.54, 1.807) is 24.3 Å². The second-order valence-electron chi connectivity index (χ2n) is 3.53. The van der Waals surface area contributed by atoms with Crippen LogP contribution in [-0.4, -0.2) is 18.2 Å². The molecule has 18 heavy (non-hydrogen) atoms. The number of carbonyl (C=O) groups is 1. The Balaban J connectivity index is 3.32. The number of ether oxygens (including phenoxy) is 1. The van der Waals surface area contributed by atoms with E-state index in [9.17, 15) is 9.90 Å². The number of rotatable bonds is 5. The number of carboxylic acid groups (broad SMARTS) is 1. The Morgan fingerprint density at radius 3 is 2.50 bits per heavy atom. The van der Waals surface area contributed by atoms with Crippen molar-refractivity contribution in [1.29, 1.82) is 0 Å². The van der Waals surface area contributed by atoms with Gasteiger partial charge in [0, 0.05) is 5.56 Å². The lowest BCUT2D eigenvalue weighted by molar-refractivity contribution is -0.132. The van der Waals surface area contributed by atoms with E-state index in [-0.39, 0.29) is 16.9 Å². The summed E-state index contributed by atoms with van der Waals surface area (Å²) in [6.45, 7) is 5.23. The van der Waals surface area contributed by atoms with Crippen LogP contribution in [0.1, 0.15) is 12.5 Å². The molecule has 0 fully saturated rings. The van der Waals surface area contributed by atoms with Crippen LogP contribution in [0.25, 0.3) is 5.57 Å². The minimum absolute atomic E-state index is 0.0815. The van der Waals surface area contributed by atoms with Crippen LogP contribution < -0.4 is 10.6 Å². The lowest BCUT2D eigenvalue weighted by Gasteiger charge is -2.13. The first-order chi connectivity index (χ1) is 8.52. The standard InChI is InChI=1S/C13H15NO4/c1-8(12(13(15)16)9(2)18-14)10-6-4-5-7-11(10)17-3/h4-7H,1,14H2,2-3H3,(H,15,16)/b12-9+. The third-order valence-electron chi connectivity index (χ3n) is 2.48. The number of nitrogens with two attached hydrogens (primary N) is 1. The Hall–Kier alpha value is -2.27. The Kier molecular flexibility index (Phi) is 4.51. The zero-order valence-corrected chi connectivity index (χ0v) is 10.3. The van der Waals surface area contributed by atoms with Crippen LogP contribution in [-0.2, 0) is 9.63 Å². The van der Waals surface area contributed by atoms with Crippen molar-refractivity contribution in [2.45, 2.75) is 6.92 Å². The maximum absolute atomic E-state index is 11.2. The predicted molar refractivity (Wildman–Crippen MR) is 67.6 cm³/mol. The normalized spacial score (nSPS) is 11.5. The molecule has 0 saturated carbocycles. The molecule has 0 saturated heterocycles. The van der Waals surface area contributed by atoms with E-state index in [0.717, 1.165) is 0 Å². The molecule has 5 heteroatoms. The molecule has 1 aromatic carbocycles. The second-order valence-corrected chi connectivity index (χ2v) is 3.53. The van der Waals surface area contributed by atoms with Crippen LogP contribution >= 0.6 is 0 Å². The van der Waals surface area contributed by atoms with Crippen molar-refractivity contribution in [3.05, 3.63) is 47.7 Å². The molecule has 0 unspecified atom stereocenters. The third-order valence-corrected chi connectivity index (χ3v) is 2.48. The van der Waals surface area contributed by atoms with Crippen molar-refractivity contribution in [3.8, 4) is 5.75 Å². The average Bonchev–Trinajstić information content (AvgIpc) is 2.37. The summed E-state index contributed by atoms with van der Waals surface area (Å²) in [7, 11) is 1.50. The number of carboxylic acids is 1. The first-order valence-corrected chi connectivity index (χ1v) is 5.16. The summed E-state index contributed by atoms with van der Waals surface area (Å²) < 4.78 is 5.16. The predicted octanol–water partition coefficient (Wildman–Crippen LogP) is 1.96. The fraction of sp³-hybridized carbons (Fsp3) is 0.154. The average molecular weight is 249 g/mol. The number of para-hydroxylation sites is 1. The molecule has 0 aliphatic rings. The number of benzene rings is 1. The van der Waals surface area contributed by atoms with Crippen LogP contribution in [0.4, 0.5) is 0 Å². The molecule has 0 bridgehead atoms. The SMILES string of the molecule is C=C(/C(C(=O)O)=C(/C)ON)c1ccccc1OC. The molecule has 96 valence electrons. The quantitative estimate of drug-likeness (QED) is 0.361. The Morgan fingerprint density at radius 1 is 1.39 bits per heavy atom. The lowest BCUT2D eigenvalue weighted by atomic mass is 9.98. The van der Waals surface area contributed by atoms with E-state index in [2.05, 4.69) is 11.4 Å². The number of hydrogen-bond donors (Lipinski definition) is 2. The van der Waals surface area contributed by atoms with E-state index >= 15 is 0 Å². The van der Waals surface area contributed by atoms with Gasteiger partial charge in [-0.05, 0) is 18.6 Å². The fourth-order valence-corrected chi connectivity index (χ4v) is 1.58. The molecular formula is C13H15NO4. The topological polar surface area (TPSA) is 81.8 Å². The summed E-state index contributed by atoms with van der Waals surface area (Å²) in [5.74, 6) is 4.46. The molecular weight excluding hydrogens is 234 g/mol. The first-order valence-electron chi connectivity index (χ1n) is 5.16. The highest BCUT2D eigenvalue weighted by molar-refractivity contribution is 6.05. The van der Waals surface area contributed by atoms with E-state index in [4.69, 9.17) is 10.6 Å². The maximum atomic E-state index is 11.2. The number of hydrogen-bond acceptors (Lipinski definition) is 4. The van der Waals surface area contributed by atoms with Crippen molar-refractivity contribution in [1.82, 2.24) is 0 Å². The molecule has 0 radical (unpaired) electrons. The Morgan fingerprint density at radius 2 is 2.00 bits per heavy atom. The zero-order valence-electron chi connectivity index (χ0n) is 10.3. The van der Waals surface area contributed by atoms with Gasteiger partial charge in [0.15, 0.2) is 0 Å². The molecule has 1 aromatic rings. The summed E-state index contributed by atoms with van der Waals surface area (Å²) in [5.41, 5.74) is 0.777. The first kappa shape index (κ1) is 13.8. The summed E-state index contributed by atoms with van der Waals surface area (Å²) >= 11 is 0. The van der Waals surface area contributed by atoms with Crippen molar-refractivity contribution in [2.75, 3.05) is 7.11 Å². The van der Waals surface area contributed by atoms with Gasteiger partial charge in [-0.3, -0.25) is 0 Å². The van der Waals surface area contributed by atoms with Crippen molar-refractivity contribution >= 4 is 11.5 Å². The van der Waals surface area contributed by atoms with Gasteiger partial charge in [-0.2, -0.15) is 5.90 Å². The van der Waals surface area contributed by atoms with Gasteiger partial charge in [-0.1, -0.05) is 24.8 Å². The summed E-state index contributed by atoms with van der Waals surface area (Å²) in [6.07, 6.45) is 0. The zero-order chi connectivity index (χ0) is 13.7. The minimum Gasteiger partial charge on any atom is -0.496 e. The second kappa shape index (κ2) is 5.88. The molecule has 5 nitrogen and oxygen atoms in total. The molecule has 0 spiro atoms. The lowest BCUT2D eigenvalue weighted by Crippen LogP contribution is -2.10. The molecule has 0 heterocycles. The van der Waals surface area contributed by atoms with Gasteiger partial charge in [0.05, 0.1) is 7.11 Å². The number of aliphatic carboxylic acids is 1. The molecule has 0 aliphatic carbocycles. The van der Waals surface area contributed by atoms with Crippen LogP contribution in [0.3, 0.4) is 0 Å². The van der Waals surface area contributed by atoms with Crippen LogP contribution in [0.5, 0.6) is 5.75 Å². The fourth-order valence-electron chi connectivity index (χ4n) is 1.58. The summed E-state index contributed by atoms with van der Waals surface area (Å²) in [6, 6.07) is 6.99. The maximum Gasteiger partial charge on any atom is 0.339 e. The molecule has 0 amide bonds. The highest BCUT2D eigenvalue weighted by Gasteiger charge is 2.20. The van der Waals surface area contributed by atoms with Crippen LogP contribution in [0.15, 0.2) is 42.2 Å². The molecule has 0 aromatic heterocycles. The highest BCUT2D eigenvalue weighted by atomic mass is 16.6. The van der Waals surface area contributed by atoms with Gasteiger partial charge >= 0.3 is 5.97 Å². The van der Waals surface area contributed by atoms with E-state index in [0.29, 0.717) is 11.3 Å². The highest BCUT2D eigenvalue weighted by Crippen LogP contribution is 2.31. The molecule has 0 aliphatic heterocycles. The van der Waals surface area contributed by atoms with Crippen LogP contribution in [0, 0.1) is 0 Å². The summed E-state index contributed by atoms with van der Waals surface area (Å²) in [5, 5.41) is 9.18. The Bertz CT molecular complexity index is 505. The van der Waals surface area contributed by atoms with E-state index in [1.165, 1.54) is 14.0 Å². The molecule has 1 rings (SSSR count). The number of methoxy groups -OCH3 is 1. The summed E-state index contributed by atoms with van der Waals surface area (Å²) in [4.78, 5) is 15.7. The monoisotopic (exact) mass is 249 g/mol. The van der Waals surface area contributed by atoms with E-state index < -0.39 is 5.97 Å². The van der Waals surface area contributed by atoms with Gasteiger partial charge in [-0.15, -0.1) is 0 Å². The Labute approximate surface area is 105 Å². The number of allylic oxidation sites excluding steroid dienone is 1. The van der Waals surface area contributed by atoms with Gasteiger partial charge in [0.1, 0.15) is 17.1 Å². The van der Waals surface area contributed by atoms with Gasteiger partial charge < -0.3 is 14.7 Å². The van der Waals surface area contributed by atoms with Crippen LogP contribution in [0.2, 0.25) is 0 Å². The van der Waals surface area contributed by atoms with E-state index in [1.807, 2.05) is 0 Å². The van der Waals surface area contributed by atoms with Crippen molar-refractivity contribution < 1.29 is 19.5 Å². The third kappa shape index (κ3) is 2.70. The largest absolute Gasteiger partial charge is 0.496 e. The smallest absolute Gasteiger partial charge is 0.339 e. The van der Waals surface area contributed by atoms with Gasteiger partial charge in [0.25, 0.3) is 0 Å². The molecule has 0 atom stereocenters.